The van der Waals surface area contributed by atoms with E-state index in [9.17, 15) is 8.78 Å². The molecule has 1 atom stereocenters. The Balaban J connectivity index is 2.10. The van der Waals surface area contributed by atoms with Gasteiger partial charge in [0.1, 0.15) is 6.61 Å². The highest BCUT2D eigenvalue weighted by Gasteiger charge is 2.13. The van der Waals surface area contributed by atoms with Gasteiger partial charge in [0.05, 0.1) is 5.38 Å². The van der Waals surface area contributed by atoms with E-state index in [1.807, 2.05) is 30.3 Å². The first-order valence-corrected chi connectivity index (χ1v) is 7.01. The Labute approximate surface area is 122 Å². The number of fused-ring (bicyclic) bond motifs is 1. The number of rotatable bonds is 6. The van der Waals surface area contributed by atoms with E-state index in [4.69, 9.17) is 16.3 Å². The molecular formula is C16H17ClF2O. The summed E-state index contributed by atoms with van der Waals surface area (Å²) in [6.45, 7) is 1.76. The lowest BCUT2D eigenvalue weighted by Crippen LogP contribution is -2.07. The summed E-state index contributed by atoms with van der Waals surface area (Å²) in [7, 11) is 0. The summed E-state index contributed by atoms with van der Waals surface area (Å²) in [5.41, 5.74) is 2.22. The third-order valence-electron chi connectivity index (χ3n) is 3.27. The smallest absolute Gasteiger partial charge is 0.261 e. The van der Waals surface area contributed by atoms with Crippen LogP contribution in [0.3, 0.4) is 0 Å². The average Bonchev–Trinajstić information content (AvgIpc) is 2.44. The van der Waals surface area contributed by atoms with Crippen LogP contribution in [0.2, 0.25) is 0 Å². The van der Waals surface area contributed by atoms with Gasteiger partial charge in [-0.1, -0.05) is 36.4 Å². The zero-order valence-electron chi connectivity index (χ0n) is 11.3. The number of halogens is 3. The van der Waals surface area contributed by atoms with E-state index in [2.05, 4.69) is 13.0 Å². The van der Waals surface area contributed by atoms with Crippen LogP contribution in [0.4, 0.5) is 8.78 Å². The van der Waals surface area contributed by atoms with Crippen LogP contribution in [-0.2, 0) is 4.74 Å². The largest absolute Gasteiger partial charge is 0.375 e. The third-order valence-corrected chi connectivity index (χ3v) is 3.73. The van der Waals surface area contributed by atoms with Gasteiger partial charge in [0.2, 0.25) is 0 Å². The van der Waals surface area contributed by atoms with Crippen molar-refractivity contribution in [3.05, 3.63) is 47.5 Å². The highest BCUT2D eigenvalue weighted by Crippen LogP contribution is 2.32. The van der Waals surface area contributed by atoms with Crippen molar-refractivity contribution in [2.45, 2.75) is 25.1 Å². The standard InChI is InChI=1S/C16H17ClF2O/c1-11-6-7-14(13-5-3-2-4-12(11)13)15(17)8-9-20-10-16(18)19/h2-7,15-16H,8-10H2,1H3. The Bertz CT molecular complexity index is 571. The van der Waals surface area contributed by atoms with E-state index in [1.54, 1.807) is 0 Å². The molecule has 0 aliphatic rings. The maximum absolute atomic E-state index is 12.0. The average molecular weight is 299 g/mol. The minimum absolute atomic E-state index is 0.237. The normalized spacial score (nSPS) is 13.1. The Kier molecular flexibility index (Phi) is 5.32. The number of aryl methyl sites for hydroxylation is 1. The fourth-order valence-electron chi connectivity index (χ4n) is 2.26. The first-order valence-electron chi connectivity index (χ1n) is 6.58. The molecular weight excluding hydrogens is 282 g/mol. The Morgan fingerprint density at radius 3 is 2.50 bits per heavy atom. The highest BCUT2D eigenvalue weighted by atomic mass is 35.5. The fraction of sp³-hybridized carbons (Fsp3) is 0.375. The summed E-state index contributed by atoms with van der Waals surface area (Å²) in [5.74, 6) is 0. The van der Waals surface area contributed by atoms with E-state index in [0.29, 0.717) is 6.42 Å². The zero-order chi connectivity index (χ0) is 14.5. The predicted molar refractivity (Wildman–Crippen MR) is 78.7 cm³/mol. The van der Waals surface area contributed by atoms with Gasteiger partial charge >= 0.3 is 0 Å². The van der Waals surface area contributed by atoms with Gasteiger partial charge < -0.3 is 4.74 Å². The van der Waals surface area contributed by atoms with Crippen molar-refractivity contribution in [2.75, 3.05) is 13.2 Å². The number of hydrogen-bond donors (Lipinski definition) is 0. The molecule has 108 valence electrons. The molecule has 4 heteroatoms. The van der Waals surface area contributed by atoms with Crippen LogP contribution in [-0.4, -0.2) is 19.6 Å². The molecule has 0 heterocycles. The van der Waals surface area contributed by atoms with E-state index in [-0.39, 0.29) is 12.0 Å². The SMILES string of the molecule is Cc1ccc(C(Cl)CCOCC(F)F)c2ccccc12. The van der Waals surface area contributed by atoms with Crippen LogP contribution in [0.5, 0.6) is 0 Å². The van der Waals surface area contributed by atoms with Gasteiger partial charge in [0.15, 0.2) is 0 Å². The molecule has 0 aromatic heterocycles. The van der Waals surface area contributed by atoms with E-state index in [0.717, 1.165) is 10.9 Å². The van der Waals surface area contributed by atoms with Crippen molar-refractivity contribution >= 4 is 22.4 Å². The van der Waals surface area contributed by atoms with Crippen LogP contribution in [0, 0.1) is 6.92 Å². The fourth-order valence-corrected chi connectivity index (χ4v) is 2.54. The van der Waals surface area contributed by atoms with E-state index >= 15 is 0 Å². The molecule has 0 bridgehead atoms. The number of benzene rings is 2. The zero-order valence-corrected chi connectivity index (χ0v) is 12.0. The molecule has 0 spiro atoms. The van der Waals surface area contributed by atoms with Crippen molar-refractivity contribution in [3.63, 3.8) is 0 Å². The second-order valence-electron chi connectivity index (χ2n) is 4.74. The van der Waals surface area contributed by atoms with Crippen LogP contribution >= 0.6 is 11.6 Å². The molecule has 0 saturated heterocycles. The molecule has 2 rings (SSSR count). The van der Waals surface area contributed by atoms with Crippen LogP contribution in [0.15, 0.2) is 36.4 Å². The predicted octanol–water partition coefficient (Wildman–Crippen LogP) is 5.10. The quantitative estimate of drug-likeness (QED) is 0.532. The van der Waals surface area contributed by atoms with E-state index in [1.165, 1.54) is 10.9 Å². The van der Waals surface area contributed by atoms with Gasteiger partial charge in [-0.2, -0.15) is 0 Å². The van der Waals surface area contributed by atoms with Gasteiger partial charge in [0, 0.05) is 6.61 Å². The summed E-state index contributed by atoms with van der Waals surface area (Å²) in [5, 5.41) is 2.05. The topological polar surface area (TPSA) is 9.23 Å². The molecule has 0 saturated carbocycles. The van der Waals surface area contributed by atoms with Gasteiger partial charge in [-0.05, 0) is 35.2 Å². The molecule has 0 radical (unpaired) electrons. The lowest BCUT2D eigenvalue weighted by molar-refractivity contribution is 0.0165. The van der Waals surface area contributed by atoms with Crippen molar-refractivity contribution in [1.29, 1.82) is 0 Å². The third kappa shape index (κ3) is 3.68. The monoisotopic (exact) mass is 298 g/mol. The molecule has 0 aliphatic carbocycles. The molecule has 2 aromatic carbocycles. The molecule has 1 nitrogen and oxygen atoms in total. The lowest BCUT2D eigenvalue weighted by atomic mass is 9.97. The van der Waals surface area contributed by atoms with Gasteiger partial charge in [-0.3, -0.25) is 0 Å². The van der Waals surface area contributed by atoms with Crippen LogP contribution in [0.25, 0.3) is 10.8 Å². The summed E-state index contributed by atoms with van der Waals surface area (Å²) < 4.78 is 28.8. The minimum atomic E-state index is -2.43. The number of ether oxygens (including phenoxy) is 1. The maximum atomic E-state index is 12.0. The van der Waals surface area contributed by atoms with Crippen LogP contribution in [0.1, 0.15) is 22.9 Å². The second-order valence-corrected chi connectivity index (χ2v) is 5.27. The molecule has 20 heavy (non-hydrogen) atoms. The summed E-state index contributed by atoms with van der Waals surface area (Å²) >= 11 is 6.39. The minimum Gasteiger partial charge on any atom is -0.375 e. The first kappa shape index (κ1) is 15.2. The van der Waals surface area contributed by atoms with Gasteiger partial charge in [-0.25, -0.2) is 8.78 Å². The van der Waals surface area contributed by atoms with Crippen molar-refractivity contribution in [1.82, 2.24) is 0 Å². The second kappa shape index (κ2) is 7.00. The molecule has 1 unspecified atom stereocenters. The lowest BCUT2D eigenvalue weighted by Gasteiger charge is -2.14. The molecule has 0 aliphatic heterocycles. The Morgan fingerprint density at radius 2 is 1.80 bits per heavy atom. The number of alkyl halides is 3. The highest BCUT2D eigenvalue weighted by molar-refractivity contribution is 6.21. The Morgan fingerprint density at radius 1 is 1.10 bits per heavy atom. The van der Waals surface area contributed by atoms with Crippen molar-refractivity contribution in [2.24, 2.45) is 0 Å². The van der Waals surface area contributed by atoms with Gasteiger partial charge in [0.25, 0.3) is 6.43 Å². The van der Waals surface area contributed by atoms with Crippen molar-refractivity contribution in [3.8, 4) is 0 Å². The Hall–Kier alpha value is -1.19. The molecule has 0 N–H and O–H groups in total. The first-order chi connectivity index (χ1) is 9.59. The maximum Gasteiger partial charge on any atom is 0.261 e. The molecule has 2 aromatic rings. The molecule has 0 amide bonds. The van der Waals surface area contributed by atoms with Crippen molar-refractivity contribution < 1.29 is 13.5 Å². The molecule has 0 fully saturated rings. The number of hydrogen-bond acceptors (Lipinski definition) is 1. The van der Waals surface area contributed by atoms with Gasteiger partial charge in [-0.15, -0.1) is 11.6 Å². The summed E-state index contributed by atoms with van der Waals surface area (Å²) in [4.78, 5) is 0. The summed E-state index contributed by atoms with van der Waals surface area (Å²) in [6, 6.07) is 12.1. The summed E-state index contributed by atoms with van der Waals surface area (Å²) in [6.07, 6.45) is -1.91. The van der Waals surface area contributed by atoms with Crippen LogP contribution < -0.4 is 0 Å². The van der Waals surface area contributed by atoms with E-state index < -0.39 is 13.0 Å².